The second-order valence-electron chi connectivity index (χ2n) is 3.26. The molecule has 0 N–H and O–H groups in total. The Bertz CT molecular complexity index is 371. The first kappa shape index (κ1) is 11.8. The van der Waals surface area contributed by atoms with E-state index in [-0.39, 0.29) is 11.6 Å². The van der Waals surface area contributed by atoms with Gasteiger partial charge in [0.15, 0.2) is 6.29 Å². The molecule has 1 aromatic heterocycles. The number of aldehydes is 1. The van der Waals surface area contributed by atoms with Crippen molar-refractivity contribution in [1.29, 1.82) is 0 Å². The second kappa shape index (κ2) is 5.02. The van der Waals surface area contributed by atoms with Gasteiger partial charge in [0.1, 0.15) is 10.6 Å². The SMILES string of the molecule is CCOC(=O)c1sc(C(C)C)nc1C=O. The Labute approximate surface area is 92.3 Å². The van der Waals surface area contributed by atoms with Crippen LogP contribution in [0.4, 0.5) is 0 Å². The van der Waals surface area contributed by atoms with E-state index < -0.39 is 5.97 Å². The van der Waals surface area contributed by atoms with Gasteiger partial charge in [-0.2, -0.15) is 0 Å². The predicted octanol–water partition coefficient (Wildman–Crippen LogP) is 2.26. The first-order chi connectivity index (χ1) is 7.10. The predicted molar refractivity (Wildman–Crippen MR) is 57.5 cm³/mol. The first-order valence-corrected chi connectivity index (χ1v) is 5.54. The highest BCUT2D eigenvalue weighted by Crippen LogP contribution is 2.24. The van der Waals surface area contributed by atoms with E-state index in [4.69, 9.17) is 4.74 Å². The number of carbonyl (C=O) groups excluding carboxylic acids is 2. The van der Waals surface area contributed by atoms with E-state index in [1.54, 1.807) is 6.92 Å². The normalized spacial score (nSPS) is 10.4. The molecule has 1 aromatic rings. The number of hydrogen-bond donors (Lipinski definition) is 0. The number of esters is 1. The van der Waals surface area contributed by atoms with Crippen LogP contribution < -0.4 is 0 Å². The van der Waals surface area contributed by atoms with Crippen LogP contribution >= 0.6 is 11.3 Å². The van der Waals surface area contributed by atoms with Crippen LogP contribution in [0, 0.1) is 0 Å². The van der Waals surface area contributed by atoms with Crippen LogP contribution in [-0.4, -0.2) is 23.8 Å². The molecule has 0 unspecified atom stereocenters. The van der Waals surface area contributed by atoms with Crippen molar-refractivity contribution in [3.63, 3.8) is 0 Å². The molecular weight excluding hydrogens is 214 g/mol. The lowest BCUT2D eigenvalue weighted by Crippen LogP contribution is -2.05. The third-order valence-electron chi connectivity index (χ3n) is 1.74. The van der Waals surface area contributed by atoms with E-state index >= 15 is 0 Å². The fourth-order valence-corrected chi connectivity index (χ4v) is 1.95. The maximum Gasteiger partial charge on any atom is 0.350 e. The lowest BCUT2D eigenvalue weighted by atomic mass is 10.2. The summed E-state index contributed by atoms with van der Waals surface area (Å²) in [4.78, 5) is 26.5. The monoisotopic (exact) mass is 227 g/mol. The molecule has 0 aromatic carbocycles. The first-order valence-electron chi connectivity index (χ1n) is 4.73. The maximum atomic E-state index is 11.4. The molecule has 1 heterocycles. The molecule has 0 aliphatic carbocycles. The molecule has 1 rings (SSSR count). The highest BCUT2D eigenvalue weighted by molar-refractivity contribution is 7.14. The molecule has 0 spiro atoms. The van der Waals surface area contributed by atoms with Gasteiger partial charge >= 0.3 is 5.97 Å². The minimum Gasteiger partial charge on any atom is -0.462 e. The molecule has 0 aliphatic rings. The zero-order valence-electron chi connectivity index (χ0n) is 8.94. The van der Waals surface area contributed by atoms with Crippen LogP contribution in [0.3, 0.4) is 0 Å². The Morgan fingerprint density at radius 3 is 2.73 bits per heavy atom. The summed E-state index contributed by atoms with van der Waals surface area (Å²) in [6, 6.07) is 0. The van der Waals surface area contributed by atoms with E-state index in [2.05, 4.69) is 4.98 Å². The van der Waals surface area contributed by atoms with Crippen LogP contribution in [0.5, 0.6) is 0 Å². The van der Waals surface area contributed by atoms with E-state index in [1.165, 1.54) is 11.3 Å². The van der Waals surface area contributed by atoms with Gasteiger partial charge in [0.05, 0.1) is 11.6 Å². The van der Waals surface area contributed by atoms with Crippen molar-refractivity contribution >= 4 is 23.6 Å². The van der Waals surface area contributed by atoms with Gasteiger partial charge in [-0.25, -0.2) is 9.78 Å². The number of hydrogen-bond acceptors (Lipinski definition) is 5. The Balaban J connectivity index is 3.05. The maximum absolute atomic E-state index is 11.4. The van der Waals surface area contributed by atoms with Crippen molar-refractivity contribution < 1.29 is 14.3 Å². The third kappa shape index (κ3) is 2.62. The van der Waals surface area contributed by atoms with Gasteiger partial charge in [0.25, 0.3) is 0 Å². The van der Waals surface area contributed by atoms with E-state index in [9.17, 15) is 9.59 Å². The number of rotatable bonds is 4. The molecule has 4 nitrogen and oxygen atoms in total. The molecule has 0 amide bonds. The fourth-order valence-electron chi connectivity index (χ4n) is 1.02. The lowest BCUT2D eigenvalue weighted by molar-refractivity contribution is 0.0529. The number of ether oxygens (including phenoxy) is 1. The molecule has 0 saturated carbocycles. The van der Waals surface area contributed by atoms with E-state index in [1.807, 2.05) is 13.8 Å². The largest absolute Gasteiger partial charge is 0.462 e. The third-order valence-corrected chi connectivity index (χ3v) is 3.09. The summed E-state index contributed by atoms with van der Waals surface area (Å²) >= 11 is 1.22. The zero-order valence-corrected chi connectivity index (χ0v) is 9.76. The van der Waals surface area contributed by atoms with Gasteiger partial charge in [-0.15, -0.1) is 11.3 Å². The van der Waals surface area contributed by atoms with Crippen LogP contribution in [0.15, 0.2) is 0 Å². The molecule has 0 bridgehead atoms. The highest BCUT2D eigenvalue weighted by atomic mass is 32.1. The Hall–Kier alpha value is -1.23. The van der Waals surface area contributed by atoms with Gasteiger partial charge in [-0.1, -0.05) is 13.8 Å². The van der Waals surface area contributed by atoms with Gasteiger partial charge in [0.2, 0.25) is 0 Å². The summed E-state index contributed by atoms with van der Waals surface area (Å²) in [5.41, 5.74) is 0.183. The average molecular weight is 227 g/mol. The van der Waals surface area contributed by atoms with Crippen LogP contribution in [-0.2, 0) is 4.74 Å². The zero-order chi connectivity index (χ0) is 11.4. The number of nitrogens with zero attached hydrogens (tertiary/aromatic N) is 1. The summed E-state index contributed by atoms with van der Waals surface area (Å²) in [5.74, 6) is -0.263. The van der Waals surface area contributed by atoms with E-state index in [0.29, 0.717) is 17.8 Å². The Morgan fingerprint density at radius 1 is 1.60 bits per heavy atom. The van der Waals surface area contributed by atoms with E-state index in [0.717, 1.165) is 5.01 Å². The number of carbonyl (C=O) groups is 2. The van der Waals surface area contributed by atoms with Crippen molar-refractivity contribution in [3.8, 4) is 0 Å². The number of thiazole rings is 1. The summed E-state index contributed by atoms with van der Waals surface area (Å²) < 4.78 is 4.84. The molecule has 5 heteroatoms. The van der Waals surface area contributed by atoms with Gasteiger partial charge in [-0.05, 0) is 6.92 Å². The Morgan fingerprint density at radius 2 is 2.27 bits per heavy atom. The summed E-state index contributed by atoms with van der Waals surface area (Å²) in [6.45, 7) is 5.94. The van der Waals surface area contributed by atoms with Crippen LogP contribution in [0.2, 0.25) is 0 Å². The van der Waals surface area contributed by atoms with Crippen molar-refractivity contribution in [1.82, 2.24) is 4.98 Å². The Kier molecular flexibility index (Phi) is 3.96. The van der Waals surface area contributed by atoms with Crippen LogP contribution in [0.25, 0.3) is 0 Å². The molecule has 0 aliphatic heterocycles. The molecule has 0 atom stereocenters. The summed E-state index contributed by atoms with van der Waals surface area (Å²) in [7, 11) is 0. The van der Waals surface area contributed by atoms with Crippen molar-refractivity contribution in [2.24, 2.45) is 0 Å². The summed E-state index contributed by atoms with van der Waals surface area (Å²) in [6.07, 6.45) is 0.592. The van der Waals surface area contributed by atoms with Gasteiger partial charge in [-0.3, -0.25) is 4.79 Å². The lowest BCUT2D eigenvalue weighted by Gasteiger charge is -1.97. The van der Waals surface area contributed by atoms with Crippen LogP contribution in [0.1, 0.15) is 51.9 Å². The van der Waals surface area contributed by atoms with Crippen molar-refractivity contribution in [2.45, 2.75) is 26.7 Å². The topological polar surface area (TPSA) is 56.3 Å². The number of aromatic nitrogens is 1. The quantitative estimate of drug-likeness (QED) is 0.584. The van der Waals surface area contributed by atoms with Crippen molar-refractivity contribution in [2.75, 3.05) is 6.61 Å². The van der Waals surface area contributed by atoms with Crippen molar-refractivity contribution in [3.05, 3.63) is 15.6 Å². The molecule has 82 valence electrons. The van der Waals surface area contributed by atoms with Gasteiger partial charge < -0.3 is 4.74 Å². The summed E-state index contributed by atoms with van der Waals surface area (Å²) in [5, 5.41) is 0.778. The molecule has 0 saturated heterocycles. The smallest absolute Gasteiger partial charge is 0.350 e. The average Bonchev–Trinajstić information content (AvgIpc) is 2.61. The molecule has 0 radical (unpaired) electrons. The second-order valence-corrected chi connectivity index (χ2v) is 4.29. The fraction of sp³-hybridized carbons (Fsp3) is 0.500. The standard InChI is InChI=1S/C10H13NO3S/c1-4-14-10(13)8-7(5-12)11-9(15-8)6(2)3/h5-6H,4H2,1-3H3. The minimum absolute atomic E-state index is 0.183. The minimum atomic E-state index is -0.469. The molecule has 0 fully saturated rings. The molecular formula is C10H13NO3S. The highest BCUT2D eigenvalue weighted by Gasteiger charge is 2.19. The van der Waals surface area contributed by atoms with Gasteiger partial charge in [0, 0.05) is 5.92 Å². The molecule has 15 heavy (non-hydrogen) atoms.